The van der Waals surface area contributed by atoms with Crippen molar-refractivity contribution in [3.63, 3.8) is 0 Å². The maximum atomic E-state index is 14.4. The molecule has 0 atom stereocenters. The van der Waals surface area contributed by atoms with Crippen molar-refractivity contribution in [2.75, 3.05) is 20.2 Å². The van der Waals surface area contributed by atoms with E-state index in [1.54, 1.807) is 29.5 Å². The Hall–Kier alpha value is -5.03. The van der Waals surface area contributed by atoms with Crippen LogP contribution in [-0.4, -0.2) is 55.6 Å². The second kappa shape index (κ2) is 13.6. The lowest BCUT2D eigenvalue weighted by Gasteiger charge is -2.31. The number of benzene rings is 2. The molecule has 0 saturated carbocycles. The van der Waals surface area contributed by atoms with Crippen LogP contribution in [-0.2, 0) is 24.4 Å². The molecule has 48 heavy (non-hydrogen) atoms. The number of pyridine rings is 1. The summed E-state index contributed by atoms with van der Waals surface area (Å²) in [5, 5.41) is 9.75. The van der Waals surface area contributed by atoms with E-state index in [2.05, 4.69) is 26.0 Å². The van der Waals surface area contributed by atoms with Gasteiger partial charge in [0.25, 0.3) is 0 Å². The molecule has 13 heteroatoms. The van der Waals surface area contributed by atoms with Gasteiger partial charge in [0.05, 0.1) is 69.2 Å². The zero-order chi connectivity index (χ0) is 33.2. The minimum absolute atomic E-state index is 0.160. The van der Waals surface area contributed by atoms with Crippen LogP contribution in [0.2, 0.25) is 0 Å². The topological polar surface area (TPSA) is 119 Å². The third-order valence-corrected chi connectivity index (χ3v) is 10.3. The normalized spacial score (nSPS) is 13.9. The maximum Gasteiger partial charge on any atom is 0.337 e. The molecule has 0 N–H and O–H groups in total. The minimum Gasteiger partial charge on any atom is -0.470 e. The predicted octanol–water partition coefficient (Wildman–Crippen LogP) is 6.94. The number of ether oxygens (including phenoxy) is 2. The highest BCUT2D eigenvalue weighted by Gasteiger charge is 2.25. The zero-order valence-corrected chi connectivity index (χ0v) is 27.7. The highest BCUT2D eigenvalue weighted by molar-refractivity contribution is 7.18. The fourth-order valence-corrected chi connectivity index (χ4v) is 7.73. The van der Waals surface area contributed by atoms with Crippen LogP contribution in [0.4, 0.5) is 4.39 Å². The summed E-state index contributed by atoms with van der Waals surface area (Å²) in [6.07, 6.45) is 3.62. The van der Waals surface area contributed by atoms with Crippen molar-refractivity contribution in [3.05, 3.63) is 105 Å². The Morgan fingerprint density at radius 3 is 2.79 bits per heavy atom. The van der Waals surface area contributed by atoms with Gasteiger partial charge in [-0.1, -0.05) is 12.6 Å². The Morgan fingerprint density at radius 1 is 1.15 bits per heavy atom. The van der Waals surface area contributed by atoms with E-state index in [0.29, 0.717) is 34.2 Å². The van der Waals surface area contributed by atoms with E-state index >= 15 is 0 Å². The second-order valence-electron chi connectivity index (χ2n) is 11.4. The molecular weight excluding hydrogens is 650 g/mol. The lowest BCUT2D eigenvalue weighted by molar-refractivity contribution is 0.0601. The summed E-state index contributed by atoms with van der Waals surface area (Å²) >= 11 is 2.88. The van der Waals surface area contributed by atoms with Crippen LogP contribution in [0.25, 0.3) is 27.3 Å². The average Bonchev–Trinajstić information content (AvgIpc) is 3.84. The summed E-state index contributed by atoms with van der Waals surface area (Å²) in [6.45, 7) is 7.04. The highest BCUT2D eigenvalue weighted by atomic mass is 32.1. The molecule has 7 rings (SSSR count). The van der Waals surface area contributed by atoms with Crippen LogP contribution in [0.5, 0.6) is 5.88 Å². The van der Waals surface area contributed by atoms with Gasteiger partial charge in [0.2, 0.25) is 5.88 Å². The number of carbonyl (C=O) groups excluding carboxylic acids is 1. The Morgan fingerprint density at radius 2 is 2.00 bits per heavy atom. The standard InChI is InChI=1S/C35H30FN7O3S2/c1-3-25-30(47-20-38-25)17-43-28-15-23(35(44)45-2)7-8-27(28)39-31(43)18-42-11-9-22(10-12-42)26-5-4-6-32(40-26)46-19-33-41-34-24(36)13-21(16-37)14-29(34)48-33/h3-8,13-15,20,22H,1,9-12,17-19H2,2H3. The van der Waals surface area contributed by atoms with Crippen LogP contribution < -0.4 is 4.74 Å². The first-order valence-corrected chi connectivity index (χ1v) is 17.1. The summed E-state index contributed by atoms with van der Waals surface area (Å²) < 4.78 is 28.1. The number of carbonyl (C=O) groups is 1. The number of imidazole rings is 1. The Balaban J connectivity index is 1.03. The van der Waals surface area contributed by atoms with Gasteiger partial charge in [-0.25, -0.2) is 29.1 Å². The van der Waals surface area contributed by atoms with E-state index in [4.69, 9.17) is 24.7 Å². The Labute approximate surface area is 283 Å². The van der Waals surface area contributed by atoms with Crippen LogP contribution in [0.15, 0.2) is 60.6 Å². The van der Waals surface area contributed by atoms with E-state index in [0.717, 1.165) is 59.1 Å². The number of likely N-dealkylation sites (tertiary alicyclic amines) is 1. The first kappa shape index (κ1) is 31.6. The lowest BCUT2D eigenvalue weighted by Crippen LogP contribution is -2.33. The maximum absolute atomic E-state index is 14.4. The molecule has 2 aromatic carbocycles. The van der Waals surface area contributed by atoms with Crippen LogP contribution in [0, 0.1) is 17.1 Å². The van der Waals surface area contributed by atoms with Crippen molar-refractivity contribution in [3.8, 4) is 11.9 Å². The first-order valence-electron chi connectivity index (χ1n) is 15.4. The van der Waals surface area contributed by atoms with E-state index in [-0.39, 0.29) is 29.6 Å². The van der Waals surface area contributed by atoms with Gasteiger partial charge in [0.1, 0.15) is 23.0 Å². The molecule has 4 aromatic heterocycles. The smallest absolute Gasteiger partial charge is 0.337 e. The van der Waals surface area contributed by atoms with Gasteiger partial charge in [-0.3, -0.25) is 4.90 Å². The third-order valence-electron chi connectivity index (χ3n) is 8.50. The number of rotatable bonds is 10. The van der Waals surface area contributed by atoms with Crippen molar-refractivity contribution in [2.45, 2.75) is 38.5 Å². The van der Waals surface area contributed by atoms with Gasteiger partial charge in [-0.15, -0.1) is 22.7 Å². The number of fused-ring (bicyclic) bond motifs is 2. The van der Waals surface area contributed by atoms with Gasteiger partial charge in [-0.05, 0) is 68.4 Å². The van der Waals surface area contributed by atoms with Crippen LogP contribution >= 0.6 is 22.7 Å². The van der Waals surface area contributed by atoms with E-state index in [9.17, 15) is 9.18 Å². The summed E-state index contributed by atoms with van der Waals surface area (Å²) in [6, 6.07) is 16.1. The number of hydrogen-bond acceptors (Lipinski definition) is 11. The molecule has 6 aromatic rings. The van der Waals surface area contributed by atoms with Gasteiger partial charge in [0, 0.05) is 17.7 Å². The summed E-state index contributed by atoms with van der Waals surface area (Å²) in [5.41, 5.74) is 6.33. The third kappa shape index (κ3) is 6.42. The molecule has 0 unspecified atom stereocenters. The average molecular weight is 680 g/mol. The Kier molecular flexibility index (Phi) is 8.94. The number of thiazole rings is 2. The van der Waals surface area contributed by atoms with Gasteiger partial charge < -0.3 is 14.0 Å². The summed E-state index contributed by atoms with van der Waals surface area (Å²) in [5.74, 6) is 0.794. The SMILES string of the molecule is C=Cc1ncsc1Cn1c(CN2CCC(c3cccc(OCc4nc5c(F)cc(C#N)cc5s4)n3)CC2)nc2ccc(C(=O)OC)cc21. The van der Waals surface area contributed by atoms with E-state index < -0.39 is 5.82 Å². The number of hydrogen-bond donors (Lipinski definition) is 0. The summed E-state index contributed by atoms with van der Waals surface area (Å²) in [4.78, 5) is 34.4. The molecule has 5 heterocycles. The number of methoxy groups -OCH3 is 1. The van der Waals surface area contributed by atoms with Crippen molar-refractivity contribution < 1.29 is 18.7 Å². The molecule has 242 valence electrons. The van der Waals surface area contributed by atoms with Crippen LogP contribution in [0.3, 0.4) is 0 Å². The first-order chi connectivity index (χ1) is 23.4. The van der Waals surface area contributed by atoms with Gasteiger partial charge in [0.15, 0.2) is 5.82 Å². The van der Waals surface area contributed by atoms with E-state index in [1.807, 2.05) is 41.9 Å². The molecule has 0 radical (unpaired) electrons. The van der Waals surface area contributed by atoms with Crippen molar-refractivity contribution in [1.82, 2.24) is 29.4 Å². The number of nitrogens with zero attached hydrogens (tertiary/aromatic N) is 7. The molecule has 0 amide bonds. The molecule has 1 aliphatic rings. The quantitative estimate of drug-likeness (QED) is 0.142. The molecule has 1 fully saturated rings. The van der Waals surface area contributed by atoms with Gasteiger partial charge >= 0.3 is 5.97 Å². The molecule has 0 spiro atoms. The highest BCUT2D eigenvalue weighted by Crippen LogP contribution is 2.31. The molecule has 0 bridgehead atoms. The van der Waals surface area contributed by atoms with Crippen molar-refractivity contribution in [2.24, 2.45) is 0 Å². The number of piperidine rings is 1. The number of nitriles is 1. The zero-order valence-electron chi connectivity index (χ0n) is 26.1. The molecule has 1 saturated heterocycles. The fourth-order valence-electron chi connectivity index (χ4n) is 6.04. The number of halogens is 1. The van der Waals surface area contributed by atoms with Crippen molar-refractivity contribution in [1.29, 1.82) is 5.26 Å². The fraction of sp³-hybridized carbons (Fsp3) is 0.257. The minimum atomic E-state index is -0.510. The molecule has 1 aliphatic heterocycles. The van der Waals surface area contributed by atoms with Crippen molar-refractivity contribution >= 4 is 56.0 Å². The monoisotopic (exact) mass is 679 g/mol. The molecule has 10 nitrogen and oxygen atoms in total. The van der Waals surface area contributed by atoms with E-state index in [1.165, 1.54) is 24.5 Å². The van der Waals surface area contributed by atoms with Crippen LogP contribution in [0.1, 0.15) is 61.8 Å². The predicted molar refractivity (Wildman–Crippen MR) is 182 cm³/mol. The molecular formula is C35H30FN7O3S2. The second-order valence-corrected chi connectivity index (χ2v) is 13.5. The summed E-state index contributed by atoms with van der Waals surface area (Å²) in [7, 11) is 1.38. The largest absolute Gasteiger partial charge is 0.470 e. The number of aromatic nitrogens is 5. The molecule has 0 aliphatic carbocycles. The Bertz CT molecular complexity index is 2190. The lowest BCUT2D eigenvalue weighted by atomic mass is 9.93. The van der Waals surface area contributed by atoms with Gasteiger partial charge in [-0.2, -0.15) is 5.26 Å². The number of esters is 1.